The first-order valence-electron chi connectivity index (χ1n) is 5.57. The van der Waals surface area contributed by atoms with Crippen molar-refractivity contribution in [2.45, 2.75) is 6.54 Å². The van der Waals surface area contributed by atoms with Gasteiger partial charge in [-0.15, -0.1) is 0 Å². The van der Waals surface area contributed by atoms with E-state index in [9.17, 15) is 0 Å². The minimum atomic E-state index is 0.434. The Morgan fingerprint density at radius 3 is 2.89 bits per heavy atom. The molecule has 1 aromatic carbocycles. The fourth-order valence-electron chi connectivity index (χ4n) is 1.94. The first-order valence-corrected chi connectivity index (χ1v) is 5.94. The predicted molar refractivity (Wildman–Crippen MR) is 71.3 cm³/mol. The summed E-state index contributed by atoms with van der Waals surface area (Å²) < 4.78 is 1.78. The lowest BCUT2D eigenvalue weighted by atomic mass is 10.1. The molecule has 0 bridgehead atoms. The zero-order valence-corrected chi connectivity index (χ0v) is 10.3. The van der Waals surface area contributed by atoms with Crippen molar-refractivity contribution < 1.29 is 0 Å². The zero-order chi connectivity index (χ0) is 12.5. The summed E-state index contributed by atoms with van der Waals surface area (Å²) in [5.74, 6) is 0. The second-order valence-corrected chi connectivity index (χ2v) is 4.35. The minimum absolute atomic E-state index is 0.434. The molecule has 0 unspecified atom stereocenters. The number of benzene rings is 1. The van der Waals surface area contributed by atoms with Gasteiger partial charge in [0.25, 0.3) is 0 Å². The van der Waals surface area contributed by atoms with Crippen molar-refractivity contribution in [1.82, 2.24) is 14.6 Å². The number of nitrogens with zero attached hydrogens (tertiary/aromatic N) is 3. The van der Waals surface area contributed by atoms with Crippen LogP contribution in [0.15, 0.2) is 42.9 Å². The van der Waals surface area contributed by atoms with Crippen molar-refractivity contribution in [3.63, 3.8) is 0 Å². The molecule has 0 aliphatic heterocycles. The number of nitrogens with two attached hydrogens (primary N) is 1. The first-order chi connectivity index (χ1) is 8.79. The Morgan fingerprint density at radius 1 is 1.22 bits per heavy atom. The molecule has 5 heteroatoms. The zero-order valence-electron chi connectivity index (χ0n) is 9.55. The van der Waals surface area contributed by atoms with Gasteiger partial charge in [0.15, 0.2) is 0 Å². The number of aromatic nitrogens is 3. The Balaban J connectivity index is 2.20. The van der Waals surface area contributed by atoms with Crippen LogP contribution >= 0.6 is 11.6 Å². The molecule has 2 aromatic heterocycles. The molecule has 0 saturated carbocycles. The summed E-state index contributed by atoms with van der Waals surface area (Å²) in [7, 11) is 0. The van der Waals surface area contributed by atoms with E-state index in [1.165, 1.54) is 0 Å². The molecule has 4 nitrogen and oxygen atoms in total. The Bertz CT molecular complexity index is 705. The molecule has 90 valence electrons. The van der Waals surface area contributed by atoms with Gasteiger partial charge in [-0.05, 0) is 17.7 Å². The van der Waals surface area contributed by atoms with Crippen molar-refractivity contribution in [3.05, 3.63) is 53.4 Å². The third kappa shape index (κ3) is 1.75. The highest BCUT2D eigenvalue weighted by molar-refractivity contribution is 6.31. The van der Waals surface area contributed by atoms with E-state index in [1.54, 1.807) is 16.9 Å². The molecule has 3 rings (SSSR count). The maximum atomic E-state index is 6.17. The van der Waals surface area contributed by atoms with E-state index in [2.05, 4.69) is 10.1 Å². The summed E-state index contributed by atoms with van der Waals surface area (Å²) in [6.45, 7) is 0.434. The summed E-state index contributed by atoms with van der Waals surface area (Å²) in [6.07, 6.45) is 5.28. The monoisotopic (exact) mass is 258 g/mol. The SMILES string of the molecule is NCc1ccc(-c2nccn3nccc23)cc1Cl. The summed E-state index contributed by atoms with van der Waals surface area (Å²) in [4.78, 5) is 4.40. The third-order valence-corrected chi connectivity index (χ3v) is 3.22. The van der Waals surface area contributed by atoms with Crippen LogP contribution in [0.1, 0.15) is 5.56 Å². The molecule has 0 aliphatic carbocycles. The van der Waals surface area contributed by atoms with Crippen LogP contribution in [0.25, 0.3) is 16.8 Å². The first kappa shape index (κ1) is 11.2. The Labute approximate surface area is 109 Å². The summed E-state index contributed by atoms with van der Waals surface area (Å²) in [5, 5.41) is 4.85. The van der Waals surface area contributed by atoms with Gasteiger partial charge in [-0.3, -0.25) is 4.98 Å². The molecule has 0 amide bonds. The summed E-state index contributed by atoms with van der Waals surface area (Å²) >= 11 is 6.17. The average Bonchev–Trinajstić information content (AvgIpc) is 2.86. The molecule has 2 N–H and O–H groups in total. The van der Waals surface area contributed by atoms with Gasteiger partial charge >= 0.3 is 0 Å². The Morgan fingerprint density at radius 2 is 2.11 bits per heavy atom. The lowest BCUT2D eigenvalue weighted by Gasteiger charge is -2.06. The highest BCUT2D eigenvalue weighted by Crippen LogP contribution is 2.26. The smallest absolute Gasteiger partial charge is 0.0960 e. The molecule has 0 radical (unpaired) electrons. The summed E-state index contributed by atoms with van der Waals surface area (Å²) in [5.41, 5.74) is 9.31. The van der Waals surface area contributed by atoms with Gasteiger partial charge in [0.2, 0.25) is 0 Å². The molecule has 18 heavy (non-hydrogen) atoms. The molecule has 0 atom stereocenters. The fraction of sp³-hybridized carbons (Fsp3) is 0.0769. The van der Waals surface area contributed by atoms with Gasteiger partial charge in [-0.1, -0.05) is 23.7 Å². The van der Waals surface area contributed by atoms with Gasteiger partial charge in [0, 0.05) is 29.5 Å². The molecular weight excluding hydrogens is 248 g/mol. The molecule has 0 saturated heterocycles. The van der Waals surface area contributed by atoms with E-state index in [1.807, 2.05) is 30.5 Å². The van der Waals surface area contributed by atoms with Crippen LogP contribution in [0.3, 0.4) is 0 Å². The van der Waals surface area contributed by atoms with E-state index in [-0.39, 0.29) is 0 Å². The van der Waals surface area contributed by atoms with E-state index in [4.69, 9.17) is 17.3 Å². The predicted octanol–water partition coefficient (Wildman–Crippen LogP) is 2.51. The molecule has 0 fully saturated rings. The van der Waals surface area contributed by atoms with E-state index in [0.717, 1.165) is 22.3 Å². The Kier molecular flexibility index (Phi) is 2.74. The van der Waals surface area contributed by atoms with Crippen molar-refractivity contribution >= 4 is 17.1 Å². The highest BCUT2D eigenvalue weighted by atomic mass is 35.5. The van der Waals surface area contributed by atoms with Gasteiger partial charge in [0.05, 0.1) is 17.4 Å². The quantitative estimate of drug-likeness (QED) is 0.768. The number of hydrogen-bond acceptors (Lipinski definition) is 3. The van der Waals surface area contributed by atoms with Crippen LogP contribution < -0.4 is 5.73 Å². The van der Waals surface area contributed by atoms with Crippen molar-refractivity contribution in [2.75, 3.05) is 0 Å². The van der Waals surface area contributed by atoms with Gasteiger partial charge in [-0.2, -0.15) is 5.10 Å². The number of fused-ring (bicyclic) bond motifs is 1. The van der Waals surface area contributed by atoms with Crippen LogP contribution in [-0.2, 0) is 6.54 Å². The number of hydrogen-bond donors (Lipinski definition) is 1. The van der Waals surface area contributed by atoms with Gasteiger partial charge in [-0.25, -0.2) is 4.52 Å². The second kappa shape index (κ2) is 4.40. The van der Waals surface area contributed by atoms with E-state index in [0.29, 0.717) is 11.6 Å². The highest BCUT2D eigenvalue weighted by Gasteiger charge is 2.08. The largest absolute Gasteiger partial charge is 0.326 e. The topological polar surface area (TPSA) is 56.2 Å². The third-order valence-electron chi connectivity index (χ3n) is 2.87. The molecule has 0 aliphatic rings. The number of halogens is 1. The Hall–Kier alpha value is -1.91. The van der Waals surface area contributed by atoms with E-state index < -0.39 is 0 Å². The second-order valence-electron chi connectivity index (χ2n) is 3.95. The van der Waals surface area contributed by atoms with Gasteiger partial charge in [0.1, 0.15) is 0 Å². The molecule has 3 aromatic rings. The standard InChI is InChI=1S/C13H11ClN4/c14-11-7-9(1-2-10(11)8-15)13-12-3-4-17-18(12)6-5-16-13/h1-7H,8,15H2. The van der Waals surface area contributed by atoms with Crippen LogP contribution in [0, 0.1) is 0 Å². The normalized spacial score (nSPS) is 11.0. The van der Waals surface area contributed by atoms with Crippen LogP contribution in [-0.4, -0.2) is 14.6 Å². The molecule has 2 heterocycles. The van der Waals surface area contributed by atoms with E-state index >= 15 is 0 Å². The van der Waals surface area contributed by atoms with Gasteiger partial charge < -0.3 is 5.73 Å². The summed E-state index contributed by atoms with van der Waals surface area (Å²) in [6, 6.07) is 7.72. The van der Waals surface area contributed by atoms with Crippen molar-refractivity contribution in [1.29, 1.82) is 0 Å². The molecular formula is C13H11ClN4. The fourth-order valence-corrected chi connectivity index (χ4v) is 2.20. The van der Waals surface area contributed by atoms with Crippen LogP contribution in [0.4, 0.5) is 0 Å². The number of rotatable bonds is 2. The van der Waals surface area contributed by atoms with Crippen LogP contribution in [0.2, 0.25) is 5.02 Å². The maximum Gasteiger partial charge on any atom is 0.0960 e. The molecule has 0 spiro atoms. The average molecular weight is 259 g/mol. The minimum Gasteiger partial charge on any atom is -0.326 e. The van der Waals surface area contributed by atoms with Crippen molar-refractivity contribution in [3.8, 4) is 11.3 Å². The van der Waals surface area contributed by atoms with Crippen molar-refractivity contribution in [2.24, 2.45) is 5.73 Å². The lowest BCUT2D eigenvalue weighted by molar-refractivity contribution is 0.948. The maximum absolute atomic E-state index is 6.17. The lowest BCUT2D eigenvalue weighted by Crippen LogP contribution is -1.98. The van der Waals surface area contributed by atoms with Crippen LogP contribution in [0.5, 0.6) is 0 Å².